The molecule has 1 atom stereocenters. The summed E-state index contributed by atoms with van der Waals surface area (Å²) in [6.45, 7) is 2.08. The van der Waals surface area contributed by atoms with Crippen LogP contribution in [-0.2, 0) is 16.1 Å². The Kier molecular flexibility index (Phi) is 6.01. The van der Waals surface area contributed by atoms with E-state index in [4.69, 9.17) is 9.47 Å². The first-order valence-electron chi connectivity index (χ1n) is 8.62. The third kappa shape index (κ3) is 4.94. The zero-order chi connectivity index (χ0) is 19.9. The van der Waals surface area contributed by atoms with E-state index in [2.05, 4.69) is 15.4 Å². The van der Waals surface area contributed by atoms with Crippen LogP contribution in [0.25, 0.3) is 0 Å². The van der Waals surface area contributed by atoms with Crippen LogP contribution in [0.2, 0.25) is 0 Å². The summed E-state index contributed by atoms with van der Waals surface area (Å²) in [4.78, 5) is 28.4. The highest BCUT2D eigenvalue weighted by molar-refractivity contribution is 5.97. The lowest BCUT2D eigenvalue weighted by molar-refractivity contribution is -0.123. The summed E-state index contributed by atoms with van der Waals surface area (Å²) in [5.41, 5.74) is 1.92. The summed E-state index contributed by atoms with van der Waals surface area (Å²) < 4.78 is 12.0. The fourth-order valence-electron chi connectivity index (χ4n) is 2.45. The van der Waals surface area contributed by atoms with Gasteiger partial charge in [0.05, 0.1) is 19.2 Å². The van der Waals surface area contributed by atoms with Crippen molar-refractivity contribution in [3.8, 4) is 5.75 Å². The van der Waals surface area contributed by atoms with E-state index in [0.29, 0.717) is 23.5 Å². The molecule has 0 saturated heterocycles. The summed E-state index contributed by atoms with van der Waals surface area (Å²) in [7, 11) is 1.57. The van der Waals surface area contributed by atoms with Crippen LogP contribution < -0.4 is 10.1 Å². The fourth-order valence-corrected chi connectivity index (χ4v) is 2.45. The minimum Gasteiger partial charge on any atom is -0.497 e. The summed E-state index contributed by atoms with van der Waals surface area (Å²) in [5, 5.41) is 6.73. The van der Waals surface area contributed by atoms with Gasteiger partial charge in [0.15, 0.2) is 6.10 Å². The highest BCUT2D eigenvalue weighted by Gasteiger charge is 2.19. The molecule has 1 N–H and O–H groups in total. The topological polar surface area (TPSA) is 95.3 Å². The Labute approximate surface area is 162 Å². The van der Waals surface area contributed by atoms with Gasteiger partial charge < -0.3 is 14.8 Å². The maximum absolute atomic E-state index is 12.3. The minimum atomic E-state index is -0.940. The standard InChI is InChI=1S/C20H20N4O4/c1-14(19(25)23-17-7-9-18(27-2)10-8-17)28-20(26)16-5-3-15(4-6-16)11-24-13-21-12-22-24/h3-10,12-14H,11H2,1-2H3,(H,23,25). The molecular weight excluding hydrogens is 360 g/mol. The van der Waals surface area contributed by atoms with Gasteiger partial charge in [0, 0.05) is 5.69 Å². The Morgan fingerprint density at radius 3 is 2.43 bits per heavy atom. The van der Waals surface area contributed by atoms with Crippen molar-refractivity contribution in [2.45, 2.75) is 19.6 Å². The number of nitrogens with one attached hydrogen (secondary N) is 1. The van der Waals surface area contributed by atoms with Crippen molar-refractivity contribution in [2.75, 3.05) is 12.4 Å². The molecule has 0 spiro atoms. The fraction of sp³-hybridized carbons (Fsp3) is 0.200. The first-order chi connectivity index (χ1) is 13.5. The lowest BCUT2D eigenvalue weighted by atomic mass is 10.1. The zero-order valence-electron chi connectivity index (χ0n) is 15.5. The van der Waals surface area contributed by atoms with Gasteiger partial charge in [-0.2, -0.15) is 5.10 Å². The monoisotopic (exact) mass is 380 g/mol. The molecule has 0 aliphatic rings. The Morgan fingerprint density at radius 2 is 1.82 bits per heavy atom. The average molecular weight is 380 g/mol. The number of nitrogens with zero attached hydrogens (tertiary/aromatic N) is 3. The van der Waals surface area contributed by atoms with Crippen LogP contribution >= 0.6 is 0 Å². The van der Waals surface area contributed by atoms with Crippen LogP contribution in [-0.4, -0.2) is 39.9 Å². The number of esters is 1. The van der Waals surface area contributed by atoms with Gasteiger partial charge in [-0.3, -0.25) is 4.79 Å². The molecule has 0 radical (unpaired) electrons. The molecule has 1 aromatic heterocycles. The molecule has 1 heterocycles. The first-order valence-corrected chi connectivity index (χ1v) is 8.62. The minimum absolute atomic E-state index is 0.367. The van der Waals surface area contributed by atoms with E-state index in [9.17, 15) is 9.59 Å². The van der Waals surface area contributed by atoms with Gasteiger partial charge in [-0.15, -0.1) is 0 Å². The second kappa shape index (κ2) is 8.81. The van der Waals surface area contributed by atoms with Crippen molar-refractivity contribution in [1.82, 2.24) is 14.8 Å². The van der Waals surface area contributed by atoms with Gasteiger partial charge in [-0.05, 0) is 48.9 Å². The summed E-state index contributed by atoms with van der Waals surface area (Å²) in [6.07, 6.45) is 2.14. The molecule has 0 aliphatic heterocycles. The Balaban J connectivity index is 1.54. The van der Waals surface area contributed by atoms with E-state index in [0.717, 1.165) is 5.56 Å². The summed E-state index contributed by atoms with van der Waals surface area (Å²) in [5.74, 6) is -0.296. The number of hydrogen-bond donors (Lipinski definition) is 1. The van der Waals surface area contributed by atoms with Gasteiger partial charge >= 0.3 is 5.97 Å². The van der Waals surface area contributed by atoms with E-state index >= 15 is 0 Å². The molecule has 144 valence electrons. The zero-order valence-corrected chi connectivity index (χ0v) is 15.5. The van der Waals surface area contributed by atoms with Crippen molar-refractivity contribution >= 4 is 17.6 Å². The molecule has 0 bridgehead atoms. The third-order valence-electron chi connectivity index (χ3n) is 4.01. The number of carbonyl (C=O) groups is 2. The first kappa shape index (κ1) is 19.1. The number of methoxy groups -OCH3 is 1. The number of benzene rings is 2. The highest BCUT2D eigenvalue weighted by atomic mass is 16.5. The molecule has 1 amide bonds. The van der Waals surface area contributed by atoms with Crippen molar-refractivity contribution in [2.24, 2.45) is 0 Å². The van der Waals surface area contributed by atoms with Crippen molar-refractivity contribution in [1.29, 1.82) is 0 Å². The predicted octanol–water partition coefficient (Wildman–Crippen LogP) is 2.52. The molecule has 8 heteroatoms. The van der Waals surface area contributed by atoms with E-state index in [1.807, 2.05) is 0 Å². The normalized spacial score (nSPS) is 11.5. The second-order valence-corrected chi connectivity index (χ2v) is 6.06. The lowest BCUT2D eigenvalue weighted by Gasteiger charge is -2.14. The highest BCUT2D eigenvalue weighted by Crippen LogP contribution is 2.16. The molecular formula is C20H20N4O4. The van der Waals surface area contributed by atoms with Crippen LogP contribution in [0.3, 0.4) is 0 Å². The van der Waals surface area contributed by atoms with E-state index < -0.39 is 18.0 Å². The smallest absolute Gasteiger partial charge is 0.338 e. The lowest BCUT2D eigenvalue weighted by Crippen LogP contribution is -2.30. The Morgan fingerprint density at radius 1 is 1.11 bits per heavy atom. The molecule has 0 aliphatic carbocycles. The second-order valence-electron chi connectivity index (χ2n) is 6.06. The molecule has 2 aromatic carbocycles. The largest absolute Gasteiger partial charge is 0.497 e. The molecule has 1 unspecified atom stereocenters. The van der Waals surface area contributed by atoms with Crippen LogP contribution in [0.1, 0.15) is 22.8 Å². The van der Waals surface area contributed by atoms with Crippen LogP contribution in [0.15, 0.2) is 61.2 Å². The summed E-state index contributed by atoms with van der Waals surface area (Å²) in [6, 6.07) is 13.8. The van der Waals surface area contributed by atoms with E-state index in [1.165, 1.54) is 13.3 Å². The molecule has 3 rings (SSSR count). The Hall–Kier alpha value is -3.68. The van der Waals surface area contributed by atoms with Gasteiger partial charge in [-0.1, -0.05) is 12.1 Å². The van der Waals surface area contributed by atoms with Crippen LogP contribution in [0.5, 0.6) is 5.75 Å². The predicted molar refractivity (Wildman–Crippen MR) is 102 cm³/mol. The number of hydrogen-bond acceptors (Lipinski definition) is 6. The maximum atomic E-state index is 12.3. The van der Waals surface area contributed by atoms with E-state index in [-0.39, 0.29) is 0 Å². The molecule has 3 aromatic rings. The number of ether oxygens (including phenoxy) is 2. The molecule has 0 saturated carbocycles. The molecule has 0 fully saturated rings. The van der Waals surface area contributed by atoms with Gasteiger partial charge in [-0.25, -0.2) is 14.5 Å². The Bertz CT molecular complexity index is 922. The van der Waals surface area contributed by atoms with Crippen molar-refractivity contribution in [3.05, 3.63) is 72.3 Å². The van der Waals surface area contributed by atoms with E-state index in [1.54, 1.807) is 66.6 Å². The molecule has 28 heavy (non-hydrogen) atoms. The van der Waals surface area contributed by atoms with Gasteiger partial charge in [0.1, 0.15) is 18.4 Å². The van der Waals surface area contributed by atoms with Crippen molar-refractivity contribution in [3.63, 3.8) is 0 Å². The number of amides is 1. The maximum Gasteiger partial charge on any atom is 0.338 e. The number of anilines is 1. The third-order valence-corrected chi connectivity index (χ3v) is 4.01. The van der Waals surface area contributed by atoms with Gasteiger partial charge in [0.2, 0.25) is 0 Å². The van der Waals surface area contributed by atoms with Gasteiger partial charge in [0.25, 0.3) is 5.91 Å². The van der Waals surface area contributed by atoms with Crippen LogP contribution in [0, 0.1) is 0 Å². The number of aromatic nitrogens is 3. The van der Waals surface area contributed by atoms with Crippen molar-refractivity contribution < 1.29 is 19.1 Å². The quantitative estimate of drug-likeness (QED) is 0.633. The SMILES string of the molecule is COc1ccc(NC(=O)C(C)OC(=O)c2ccc(Cn3cncn3)cc2)cc1. The number of rotatable bonds is 7. The average Bonchev–Trinajstić information content (AvgIpc) is 3.22. The number of carbonyl (C=O) groups excluding carboxylic acids is 2. The molecule has 8 nitrogen and oxygen atoms in total. The van der Waals surface area contributed by atoms with Crippen LogP contribution in [0.4, 0.5) is 5.69 Å². The summed E-state index contributed by atoms with van der Waals surface area (Å²) >= 11 is 0.